The number of anilines is 2. The van der Waals surface area contributed by atoms with Gasteiger partial charge in [-0.25, -0.2) is 0 Å². The number of amides is 2. The molecule has 2 amide bonds. The number of rotatable bonds is 3. The molecule has 6 heteroatoms. The highest BCUT2D eigenvalue weighted by Crippen LogP contribution is 2.31. The van der Waals surface area contributed by atoms with Crippen LogP contribution in [0.4, 0.5) is 11.4 Å². The maximum absolute atomic E-state index is 12.5. The Kier molecular flexibility index (Phi) is 4.78. The number of para-hydroxylation sites is 1. The number of nitrogens with zero attached hydrogens (tertiary/aromatic N) is 1. The molecule has 124 valence electrons. The molecule has 0 bridgehead atoms. The van der Waals surface area contributed by atoms with Crippen molar-refractivity contribution in [1.82, 2.24) is 0 Å². The zero-order chi connectivity index (χ0) is 17.3. The molecule has 0 unspecified atom stereocenters. The minimum atomic E-state index is -0.422. The van der Waals surface area contributed by atoms with E-state index in [1.54, 1.807) is 35.2 Å². The second-order valence-electron chi connectivity index (χ2n) is 5.81. The second-order valence-corrected chi connectivity index (χ2v) is 6.62. The van der Waals surface area contributed by atoms with Gasteiger partial charge in [0.1, 0.15) is 0 Å². The highest BCUT2D eigenvalue weighted by molar-refractivity contribution is 6.34. The van der Waals surface area contributed by atoms with Gasteiger partial charge in [0.05, 0.1) is 16.6 Å². The zero-order valence-corrected chi connectivity index (χ0v) is 14.6. The molecule has 3 rings (SSSR count). The van der Waals surface area contributed by atoms with Gasteiger partial charge in [-0.3, -0.25) is 9.59 Å². The monoisotopic (exact) mass is 362 g/mol. The molecule has 0 spiro atoms. The summed E-state index contributed by atoms with van der Waals surface area (Å²) in [6, 6.07) is 12.5. The molecule has 2 aromatic rings. The standard InChI is InChI=1S/C18H16Cl2N2O2/c1-11-6-7-13(9-15(11)20)21-18(24)12-8-17(23)22(10-12)16-5-3-2-4-14(16)19/h2-7,9,12H,8,10H2,1H3,(H,21,24)/t12-/m1/s1. The van der Waals surface area contributed by atoms with Crippen molar-refractivity contribution in [2.24, 2.45) is 5.92 Å². The smallest absolute Gasteiger partial charge is 0.229 e. The Labute approximate surface area is 150 Å². The molecule has 1 heterocycles. The van der Waals surface area contributed by atoms with E-state index in [1.165, 1.54) is 0 Å². The molecule has 0 aliphatic carbocycles. The summed E-state index contributed by atoms with van der Waals surface area (Å²) in [4.78, 5) is 26.3. The third-order valence-corrected chi connectivity index (χ3v) is 4.81. The highest BCUT2D eigenvalue weighted by atomic mass is 35.5. The van der Waals surface area contributed by atoms with Gasteiger partial charge in [0.2, 0.25) is 11.8 Å². The molecule has 0 saturated carbocycles. The van der Waals surface area contributed by atoms with Crippen molar-refractivity contribution in [3.63, 3.8) is 0 Å². The van der Waals surface area contributed by atoms with E-state index in [1.807, 2.05) is 19.1 Å². The van der Waals surface area contributed by atoms with E-state index in [0.717, 1.165) is 5.56 Å². The SMILES string of the molecule is Cc1ccc(NC(=O)[C@@H]2CC(=O)N(c3ccccc3Cl)C2)cc1Cl. The summed E-state index contributed by atoms with van der Waals surface area (Å²) in [7, 11) is 0. The summed E-state index contributed by atoms with van der Waals surface area (Å²) in [6.07, 6.45) is 0.163. The minimum Gasteiger partial charge on any atom is -0.326 e. The lowest BCUT2D eigenvalue weighted by Crippen LogP contribution is -2.28. The van der Waals surface area contributed by atoms with Crippen LogP contribution in [0.1, 0.15) is 12.0 Å². The van der Waals surface area contributed by atoms with Gasteiger partial charge in [-0.1, -0.05) is 41.4 Å². The van der Waals surface area contributed by atoms with Crippen LogP contribution in [-0.4, -0.2) is 18.4 Å². The number of nitrogens with one attached hydrogen (secondary N) is 1. The fourth-order valence-corrected chi connectivity index (χ4v) is 3.12. The summed E-state index contributed by atoms with van der Waals surface area (Å²) in [5.41, 5.74) is 2.20. The summed E-state index contributed by atoms with van der Waals surface area (Å²) in [6.45, 7) is 2.21. The first kappa shape index (κ1) is 16.8. The normalized spacial score (nSPS) is 17.2. The Balaban J connectivity index is 1.72. The van der Waals surface area contributed by atoms with Crippen LogP contribution in [0.2, 0.25) is 10.0 Å². The van der Waals surface area contributed by atoms with E-state index in [9.17, 15) is 9.59 Å². The molecule has 1 fully saturated rings. The number of halogens is 2. The van der Waals surface area contributed by atoms with Crippen LogP contribution in [0.25, 0.3) is 0 Å². The number of benzene rings is 2. The first-order chi connectivity index (χ1) is 11.5. The van der Waals surface area contributed by atoms with Crippen molar-refractivity contribution in [3.8, 4) is 0 Å². The number of aryl methyl sites for hydroxylation is 1. The van der Waals surface area contributed by atoms with Crippen molar-refractivity contribution in [2.45, 2.75) is 13.3 Å². The van der Waals surface area contributed by atoms with Gasteiger partial charge in [0, 0.05) is 23.7 Å². The Bertz CT molecular complexity index is 807. The van der Waals surface area contributed by atoms with Gasteiger partial charge in [-0.05, 0) is 36.8 Å². The van der Waals surface area contributed by atoms with E-state index in [-0.39, 0.29) is 18.2 Å². The van der Waals surface area contributed by atoms with Crippen molar-refractivity contribution < 1.29 is 9.59 Å². The lowest BCUT2D eigenvalue weighted by Gasteiger charge is -2.18. The maximum Gasteiger partial charge on any atom is 0.229 e. The molecule has 1 aliphatic heterocycles. The van der Waals surface area contributed by atoms with Crippen molar-refractivity contribution >= 4 is 46.4 Å². The summed E-state index contributed by atoms with van der Waals surface area (Å²) < 4.78 is 0. The molecule has 0 radical (unpaired) electrons. The molecule has 4 nitrogen and oxygen atoms in total. The van der Waals surface area contributed by atoms with Gasteiger partial charge in [0.25, 0.3) is 0 Å². The average Bonchev–Trinajstić information content (AvgIpc) is 2.93. The quantitative estimate of drug-likeness (QED) is 0.884. The molecule has 2 aromatic carbocycles. The third kappa shape index (κ3) is 3.40. The highest BCUT2D eigenvalue weighted by Gasteiger charge is 2.35. The fourth-order valence-electron chi connectivity index (χ4n) is 2.70. The lowest BCUT2D eigenvalue weighted by molar-refractivity contribution is -0.122. The van der Waals surface area contributed by atoms with E-state index in [2.05, 4.69) is 5.32 Å². The summed E-state index contributed by atoms with van der Waals surface area (Å²) >= 11 is 12.2. The topological polar surface area (TPSA) is 49.4 Å². The maximum atomic E-state index is 12.5. The molecular formula is C18H16Cl2N2O2. The van der Waals surface area contributed by atoms with Gasteiger partial charge in [0.15, 0.2) is 0 Å². The Hall–Kier alpha value is -2.04. The number of carbonyl (C=O) groups is 2. The van der Waals surface area contributed by atoms with Crippen LogP contribution < -0.4 is 10.2 Å². The Morgan fingerprint density at radius 1 is 1.17 bits per heavy atom. The number of carbonyl (C=O) groups excluding carboxylic acids is 2. The van der Waals surface area contributed by atoms with Crippen molar-refractivity contribution in [3.05, 3.63) is 58.1 Å². The van der Waals surface area contributed by atoms with E-state index >= 15 is 0 Å². The minimum absolute atomic E-state index is 0.106. The van der Waals surface area contributed by atoms with Gasteiger partial charge in [-0.15, -0.1) is 0 Å². The molecule has 1 saturated heterocycles. The van der Waals surface area contributed by atoms with Gasteiger partial charge in [-0.2, -0.15) is 0 Å². The largest absolute Gasteiger partial charge is 0.326 e. The van der Waals surface area contributed by atoms with Crippen LogP contribution in [0, 0.1) is 12.8 Å². The van der Waals surface area contributed by atoms with Gasteiger partial charge < -0.3 is 10.2 Å². The van der Waals surface area contributed by atoms with Gasteiger partial charge >= 0.3 is 0 Å². The van der Waals surface area contributed by atoms with Crippen LogP contribution in [0.5, 0.6) is 0 Å². The molecule has 0 aromatic heterocycles. The number of hydrogen-bond acceptors (Lipinski definition) is 2. The lowest BCUT2D eigenvalue weighted by atomic mass is 10.1. The van der Waals surface area contributed by atoms with Crippen LogP contribution >= 0.6 is 23.2 Å². The van der Waals surface area contributed by atoms with E-state index in [4.69, 9.17) is 23.2 Å². The van der Waals surface area contributed by atoms with Crippen molar-refractivity contribution in [2.75, 3.05) is 16.8 Å². The Morgan fingerprint density at radius 3 is 2.62 bits per heavy atom. The van der Waals surface area contributed by atoms with Crippen LogP contribution in [0.3, 0.4) is 0 Å². The van der Waals surface area contributed by atoms with Crippen LogP contribution in [0.15, 0.2) is 42.5 Å². The van der Waals surface area contributed by atoms with E-state index in [0.29, 0.717) is 28.0 Å². The van der Waals surface area contributed by atoms with Crippen LogP contribution in [-0.2, 0) is 9.59 Å². The first-order valence-electron chi connectivity index (χ1n) is 7.57. The number of hydrogen-bond donors (Lipinski definition) is 1. The molecular weight excluding hydrogens is 347 g/mol. The zero-order valence-electron chi connectivity index (χ0n) is 13.1. The van der Waals surface area contributed by atoms with E-state index < -0.39 is 5.92 Å². The van der Waals surface area contributed by atoms with Crippen molar-refractivity contribution in [1.29, 1.82) is 0 Å². The first-order valence-corrected chi connectivity index (χ1v) is 8.33. The summed E-state index contributed by atoms with van der Waals surface area (Å²) in [5, 5.41) is 3.91. The Morgan fingerprint density at radius 2 is 1.92 bits per heavy atom. The molecule has 1 atom stereocenters. The fraction of sp³-hybridized carbons (Fsp3) is 0.222. The third-order valence-electron chi connectivity index (χ3n) is 4.08. The molecule has 1 aliphatic rings. The second kappa shape index (κ2) is 6.83. The summed E-state index contributed by atoms with van der Waals surface area (Å²) in [5.74, 6) is -0.725. The average molecular weight is 363 g/mol. The predicted molar refractivity (Wildman–Crippen MR) is 96.7 cm³/mol. The molecule has 1 N–H and O–H groups in total. The predicted octanol–water partition coefficient (Wildman–Crippen LogP) is 4.29. The molecule has 24 heavy (non-hydrogen) atoms.